The highest BCUT2D eigenvalue weighted by atomic mass is 32.2. The van der Waals surface area contributed by atoms with Gasteiger partial charge in [0.15, 0.2) is 0 Å². The highest BCUT2D eigenvalue weighted by Crippen LogP contribution is 2.28. The van der Waals surface area contributed by atoms with Gasteiger partial charge in [0.25, 0.3) is 0 Å². The first kappa shape index (κ1) is 21.0. The summed E-state index contributed by atoms with van der Waals surface area (Å²) in [5.41, 5.74) is 5.19. The van der Waals surface area contributed by atoms with E-state index in [1.165, 1.54) is 11.8 Å². The summed E-state index contributed by atoms with van der Waals surface area (Å²) in [6.07, 6.45) is 1.02. The fraction of sp³-hybridized carbons (Fsp3) is 0.364. The highest BCUT2D eigenvalue weighted by molar-refractivity contribution is 8.00. The fourth-order valence-corrected chi connectivity index (χ4v) is 4.00. The van der Waals surface area contributed by atoms with Crippen LogP contribution < -0.4 is 5.32 Å². The number of anilines is 1. The lowest BCUT2D eigenvalue weighted by molar-refractivity contribution is -0.115. The average molecular weight is 410 g/mol. The van der Waals surface area contributed by atoms with E-state index in [1.807, 2.05) is 51.1 Å². The van der Waals surface area contributed by atoms with E-state index in [1.54, 1.807) is 4.68 Å². The van der Waals surface area contributed by atoms with Crippen molar-refractivity contribution < 1.29 is 4.79 Å². The van der Waals surface area contributed by atoms with Crippen LogP contribution in [0.1, 0.15) is 49.8 Å². The minimum absolute atomic E-state index is 0.0688. The molecule has 152 valence electrons. The lowest BCUT2D eigenvalue weighted by Crippen LogP contribution is -2.23. The van der Waals surface area contributed by atoms with E-state index in [0.29, 0.717) is 11.1 Å². The number of nitrogens with one attached hydrogen (secondary N) is 1. The number of hydrogen-bond donors (Lipinski definition) is 1. The number of aromatic nitrogens is 4. The molecule has 0 aliphatic rings. The standard InChI is InChI=1S/C22H27N5OS/c1-6-16(4)19-9-7-8-10-20(19)23-21(28)17(5)29-22-24-25-26-27(22)18-12-14(2)11-15(3)13-18/h7-13,16-17H,6H2,1-5H3,(H,23,28)/t16-,17-/m0/s1. The van der Waals surface area contributed by atoms with Gasteiger partial charge in [0, 0.05) is 5.69 Å². The molecule has 29 heavy (non-hydrogen) atoms. The van der Waals surface area contributed by atoms with Gasteiger partial charge in [0.05, 0.1) is 10.9 Å². The second kappa shape index (κ2) is 9.22. The summed E-state index contributed by atoms with van der Waals surface area (Å²) in [6, 6.07) is 14.1. The molecule has 0 radical (unpaired) electrons. The normalized spacial score (nSPS) is 13.1. The molecule has 0 spiro atoms. The van der Waals surface area contributed by atoms with Gasteiger partial charge in [-0.3, -0.25) is 4.79 Å². The van der Waals surface area contributed by atoms with Crippen LogP contribution in [0.2, 0.25) is 0 Å². The molecule has 0 saturated heterocycles. The molecule has 1 amide bonds. The van der Waals surface area contributed by atoms with Gasteiger partial charge in [-0.15, -0.1) is 5.10 Å². The summed E-state index contributed by atoms with van der Waals surface area (Å²) >= 11 is 1.35. The Morgan fingerprint density at radius 3 is 2.52 bits per heavy atom. The second-order valence-corrected chi connectivity index (χ2v) is 8.67. The Kier molecular flexibility index (Phi) is 6.69. The first-order valence-corrected chi connectivity index (χ1v) is 10.7. The predicted molar refractivity (Wildman–Crippen MR) is 118 cm³/mol. The number of thioether (sulfide) groups is 1. The van der Waals surface area contributed by atoms with E-state index >= 15 is 0 Å². The van der Waals surface area contributed by atoms with Gasteiger partial charge in [0.2, 0.25) is 11.1 Å². The molecule has 7 heteroatoms. The highest BCUT2D eigenvalue weighted by Gasteiger charge is 2.21. The topological polar surface area (TPSA) is 72.7 Å². The van der Waals surface area contributed by atoms with Crippen molar-refractivity contribution in [3.05, 3.63) is 59.2 Å². The fourth-order valence-electron chi connectivity index (χ4n) is 3.19. The molecule has 3 rings (SSSR count). The molecule has 0 saturated carbocycles. The number of aryl methyl sites for hydroxylation is 2. The Morgan fingerprint density at radius 2 is 1.83 bits per heavy atom. The molecule has 1 N–H and O–H groups in total. The van der Waals surface area contributed by atoms with Crippen molar-refractivity contribution in [2.75, 3.05) is 5.32 Å². The number of rotatable bonds is 7. The van der Waals surface area contributed by atoms with Crippen LogP contribution in [0.5, 0.6) is 0 Å². The lowest BCUT2D eigenvalue weighted by Gasteiger charge is -2.17. The number of hydrogen-bond acceptors (Lipinski definition) is 5. The van der Waals surface area contributed by atoms with E-state index < -0.39 is 0 Å². The van der Waals surface area contributed by atoms with Gasteiger partial charge in [-0.2, -0.15) is 4.68 Å². The summed E-state index contributed by atoms with van der Waals surface area (Å²) in [4.78, 5) is 12.8. The van der Waals surface area contributed by atoms with Gasteiger partial charge in [0.1, 0.15) is 0 Å². The van der Waals surface area contributed by atoms with Gasteiger partial charge in [-0.05, 0) is 78.4 Å². The number of tetrazole rings is 1. The van der Waals surface area contributed by atoms with Crippen molar-refractivity contribution in [2.45, 2.75) is 57.4 Å². The van der Waals surface area contributed by atoms with Crippen LogP contribution in [-0.4, -0.2) is 31.4 Å². The van der Waals surface area contributed by atoms with E-state index in [4.69, 9.17) is 0 Å². The van der Waals surface area contributed by atoms with Crippen molar-refractivity contribution in [3.8, 4) is 5.69 Å². The Bertz CT molecular complexity index is 980. The average Bonchev–Trinajstić information content (AvgIpc) is 3.15. The van der Waals surface area contributed by atoms with Crippen LogP contribution >= 0.6 is 11.8 Å². The number of carbonyl (C=O) groups excluding carboxylic acids is 1. The SMILES string of the molecule is CC[C@H](C)c1ccccc1NC(=O)[C@H](C)Sc1nnnn1-c1cc(C)cc(C)c1. The molecule has 2 aromatic carbocycles. The molecule has 6 nitrogen and oxygen atoms in total. The number of amides is 1. The molecule has 1 heterocycles. The van der Waals surface area contributed by atoms with E-state index in [2.05, 4.69) is 46.8 Å². The van der Waals surface area contributed by atoms with Crippen LogP contribution in [0.4, 0.5) is 5.69 Å². The summed E-state index contributed by atoms with van der Waals surface area (Å²) in [7, 11) is 0. The number of carbonyl (C=O) groups is 1. The molecule has 0 bridgehead atoms. The zero-order valence-corrected chi connectivity index (χ0v) is 18.3. The van der Waals surface area contributed by atoms with Crippen LogP contribution in [0.15, 0.2) is 47.6 Å². The summed E-state index contributed by atoms with van der Waals surface area (Å²) < 4.78 is 1.68. The Balaban J connectivity index is 1.76. The van der Waals surface area contributed by atoms with E-state index in [9.17, 15) is 4.79 Å². The van der Waals surface area contributed by atoms with Gasteiger partial charge >= 0.3 is 0 Å². The van der Waals surface area contributed by atoms with Gasteiger partial charge < -0.3 is 5.32 Å². The molecule has 3 aromatic rings. The maximum absolute atomic E-state index is 12.8. The lowest BCUT2D eigenvalue weighted by atomic mass is 9.97. The third-order valence-corrected chi connectivity index (χ3v) is 5.94. The third-order valence-electron chi connectivity index (χ3n) is 4.91. The second-order valence-electron chi connectivity index (χ2n) is 7.37. The minimum Gasteiger partial charge on any atom is -0.325 e. The molecule has 0 unspecified atom stereocenters. The molecule has 0 aliphatic heterocycles. The zero-order chi connectivity index (χ0) is 21.0. The number of nitrogens with zero attached hydrogens (tertiary/aromatic N) is 4. The van der Waals surface area contributed by atoms with Crippen LogP contribution in [0.3, 0.4) is 0 Å². The summed E-state index contributed by atoms with van der Waals surface area (Å²) in [6.45, 7) is 10.3. The Labute approximate surface area is 176 Å². The summed E-state index contributed by atoms with van der Waals surface area (Å²) in [5, 5.41) is 15.4. The summed E-state index contributed by atoms with van der Waals surface area (Å²) in [5.74, 6) is 0.312. The van der Waals surface area contributed by atoms with Crippen molar-refractivity contribution in [2.24, 2.45) is 0 Å². The first-order chi connectivity index (χ1) is 13.9. The largest absolute Gasteiger partial charge is 0.325 e. The van der Waals surface area contributed by atoms with Gasteiger partial charge in [-0.25, -0.2) is 0 Å². The smallest absolute Gasteiger partial charge is 0.237 e. The third kappa shape index (κ3) is 5.03. The monoisotopic (exact) mass is 409 g/mol. The maximum atomic E-state index is 12.8. The minimum atomic E-state index is -0.351. The maximum Gasteiger partial charge on any atom is 0.237 e. The number of para-hydroxylation sites is 1. The molecular formula is C22H27N5OS. The molecular weight excluding hydrogens is 382 g/mol. The van der Waals surface area contributed by atoms with Crippen molar-refractivity contribution >= 4 is 23.4 Å². The number of benzene rings is 2. The van der Waals surface area contributed by atoms with Gasteiger partial charge in [-0.1, -0.05) is 49.9 Å². The quantitative estimate of drug-likeness (QED) is 0.561. The zero-order valence-electron chi connectivity index (χ0n) is 17.5. The van der Waals surface area contributed by atoms with Crippen LogP contribution in [0.25, 0.3) is 5.69 Å². The van der Waals surface area contributed by atoms with Crippen molar-refractivity contribution in [1.82, 2.24) is 20.2 Å². The van der Waals surface area contributed by atoms with Crippen LogP contribution in [-0.2, 0) is 4.79 Å². The van der Waals surface area contributed by atoms with Crippen molar-refractivity contribution in [1.29, 1.82) is 0 Å². The van der Waals surface area contributed by atoms with E-state index in [0.717, 1.165) is 34.5 Å². The Morgan fingerprint density at radius 1 is 1.14 bits per heavy atom. The molecule has 0 fully saturated rings. The first-order valence-electron chi connectivity index (χ1n) is 9.82. The van der Waals surface area contributed by atoms with Crippen molar-refractivity contribution in [3.63, 3.8) is 0 Å². The molecule has 2 atom stereocenters. The Hall–Kier alpha value is -2.67. The predicted octanol–water partition coefficient (Wildman–Crippen LogP) is 4.91. The molecule has 0 aliphatic carbocycles. The van der Waals surface area contributed by atoms with E-state index in [-0.39, 0.29) is 11.2 Å². The molecule has 1 aromatic heterocycles. The van der Waals surface area contributed by atoms with Crippen LogP contribution in [0, 0.1) is 13.8 Å².